The van der Waals surface area contributed by atoms with E-state index in [2.05, 4.69) is 48.0 Å². The van der Waals surface area contributed by atoms with Gasteiger partial charge in [0.1, 0.15) is 0 Å². The lowest BCUT2D eigenvalue weighted by molar-refractivity contribution is 0.00790. The van der Waals surface area contributed by atoms with E-state index in [1.165, 1.54) is 15.6 Å². The Balaban J connectivity index is 2.22. The van der Waals surface area contributed by atoms with Crippen LogP contribution in [0.25, 0.3) is 0 Å². The standard InChI is InChI=1S/C12H15BrO/c1-8(2)14-12-6-3-9-7-10(13)4-5-11(9)12/h4-5,7-8,12H,3,6H2,1-2H3. The van der Waals surface area contributed by atoms with E-state index in [9.17, 15) is 0 Å². The highest BCUT2D eigenvalue weighted by atomic mass is 79.9. The number of fused-ring (bicyclic) bond motifs is 1. The second-order valence-corrected chi connectivity index (χ2v) is 4.97. The smallest absolute Gasteiger partial charge is 0.0834 e. The SMILES string of the molecule is CC(C)OC1CCc2cc(Br)ccc21. The number of rotatable bonds is 2. The molecule has 1 nitrogen and oxygen atoms in total. The lowest BCUT2D eigenvalue weighted by atomic mass is 10.1. The molecule has 1 aromatic rings. The van der Waals surface area contributed by atoms with Gasteiger partial charge in [-0.3, -0.25) is 0 Å². The maximum atomic E-state index is 5.86. The Morgan fingerprint density at radius 1 is 1.43 bits per heavy atom. The van der Waals surface area contributed by atoms with Crippen LogP contribution in [0.5, 0.6) is 0 Å². The van der Waals surface area contributed by atoms with Crippen molar-refractivity contribution in [3.63, 3.8) is 0 Å². The van der Waals surface area contributed by atoms with Crippen LogP contribution >= 0.6 is 15.9 Å². The molecule has 0 spiro atoms. The highest BCUT2D eigenvalue weighted by molar-refractivity contribution is 9.10. The molecule has 1 aliphatic carbocycles. The van der Waals surface area contributed by atoms with Gasteiger partial charge in [0.15, 0.2) is 0 Å². The lowest BCUT2D eigenvalue weighted by Gasteiger charge is -2.16. The summed E-state index contributed by atoms with van der Waals surface area (Å²) in [4.78, 5) is 0. The first kappa shape index (κ1) is 10.2. The maximum Gasteiger partial charge on any atom is 0.0834 e. The largest absolute Gasteiger partial charge is 0.371 e. The van der Waals surface area contributed by atoms with Gasteiger partial charge in [0.25, 0.3) is 0 Å². The van der Waals surface area contributed by atoms with Crippen LogP contribution in [0.2, 0.25) is 0 Å². The number of aryl methyl sites for hydroxylation is 1. The van der Waals surface area contributed by atoms with Crippen LogP contribution in [0.3, 0.4) is 0 Å². The Morgan fingerprint density at radius 2 is 2.21 bits per heavy atom. The van der Waals surface area contributed by atoms with E-state index < -0.39 is 0 Å². The number of hydrogen-bond donors (Lipinski definition) is 0. The van der Waals surface area contributed by atoms with Crippen molar-refractivity contribution in [3.8, 4) is 0 Å². The molecule has 2 rings (SSSR count). The molecule has 14 heavy (non-hydrogen) atoms. The van der Waals surface area contributed by atoms with Gasteiger partial charge in [0.2, 0.25) is 0 Å². The molecule has 1 unspecified atom stereocenters. The van der Waals surface area contributed by atoms with E-state index in [1.54, 1.807) is 0 Å². The van der Waals surface area contributed by atoms with Gasteiger partial charge >= 0.3 is 0 Å². The van der Waals surface area contributed by atoms with Gasteiger partial charge in [-0.15, -0.1) is 0 Å². The van der Waals surface area contributed by atoms with Gasteiger partial charge in [0.05, 0.1) is 12.2 Å². The van der Waals surface area contributed by atoms with Gasteiger partial charge < -0.3 is 4.74 Å². The molecular formula is C12H15BrO. The van der Waals surface area contributed by atoms with Crippen LogP contribution in [0, 0.1) is 0 Å². The third kappa shape index (κ3) is 2.01. The topological polar surface area (TPSA) is 9.23 Å². The molecule has 1 aromatic carbocycles. The summed E-state index contributed by atoms with van der Waals surface area (Å²) in [7, 11) is 0. The molecule has 1 atom stereocenters. The van der Waals surface area contributed by atoms with E-state index in [-0.39, 0.29) is 0 Å². The summed E-state index contributed by atoms with van der Waals surface area (Å²) in [5.41, 5.74) is 2.81. The Bertz CT molecular complexity index is 333. The Labute approximate surface area is 93.6 Å². The van der Waals surface area contributed by atoms with E-state index in [1.807, 2.05) is 0 Å². The van der Waals surface area contributed by atoms with Crippen molar-refractivity contribution in [1.82, 2.24) is 0 Å². The molecule has 0 aliphatic heterocycles. The predicted octanol–water partition coefficient (Wildman–Crippen LogP) is 3.86. The summed E-state index contributed by atoms with van der Waals surface area (Å²) in [5, 5.41) is 0. The first-order valence-electron chi connectivity index (χ1n) is 5.10. The summed E-state index contributed by atoms with van der Waals surface area (Å²) < 4.78 is 7.03. The van der Waals surface area contributed by atoms with E-state index in [0.29, 0.717) is 12.2 Å². The van der Waals surface area contributed by atoms with Crippen molar-refractivity contribution in [2.24, 2.45) is 0 Å². The van der Waals surface area contributed by atoms with E-state index >= 15 is 0 Å². The molecule has 0 heterocycles. The summed E-state index contributed by atoms with van der Waals surface area (Å²) in [5.74, 6) is 0. The molecule has 1 aliphatic rings. The Hall–Kier alpha value is -0.340. The minimum absolute atomic E-state index is 0.314. The molecule has 0 bridgehead atoms. The van der Waals surface area contributed by atoms with Crippen LogP contribution in [0.4, 0.5) is 0 Å². The fourth-order valence-corrected chi connectivity index (χ4v) is 2.43. The number of ether oxygens (including phenoxy) is 1. The average molecular weight is 255 g/mol. The third-order valence-corrected chi connectivity index (χ3v) is 3.06. The van der Waals surface area contributed by atoms with Crippen molar-refractivity contribution in [1.29, 1.82) is 0 Å². The summed E-state index contributed by atoms with van der Waals surface area (Å²) in [6.07, 6.45) is 2.91. The van der Waals surface area contributed by atoms with Gasteiger partial charge in [0, 0.05) is 4.47 Å². The van der Waals surface area contributed by atoms with Crippen LogP contribution in [0.15, 0.2) is 22.7 Å². The second kappa shape index (κ2) is 4.03. The summed E-state index contributed by atoms with van der Waals surface area (Å²) in [6.45, 7) is 4.19. The zero-order chi connectivity index (χ0) is 10.1. The zero-order valence-electron chi connectivity index (χ0n) is 8.59. The fraction of sp³-hybridized carbons (Fsp3) is 0.500. The summed E-state index contributed by atoms with van der Waals surface area (Å²) in [6, 6.07) is 6.49. The third-order valence-electron chi connectivity index (χ3n) is 2.56. The lowest BCUT2D eigenvalue weighted by Crippen LogP contribution is -2.07. The van der Waals surface area contributed by atoms with E-state index in [4.69, 9.17) is 4.74 Å². The van der Waals surface area contributed by atoms with Crippen molar-refractivity contribution in [2.75, 3.05) is 0 Å². The van der Waals surface area contributed by atoms with E-state index in [0.717, 1.165) is 12.8 Å². The Morgan fingerprint density at radius 3 is 2.93 bits per heavy atom. The maximum absolute atomic E-state index is 5.86. The number of benzene rings is 1. The first-order chi connectivity index (χ1) is 6.66. The minimum atomic E-state index is 0.314. The molecule has 76 valence electrons. The molecule has 0 saturated carbocycles. The van der Waals surface area contributed by atoms with Crippen molar-refractivity contribution < 1.29 is 4.74 Å². The van der Waals surface area contributed by atoms with Gasteiger partial charge in [-0.1, -0.05) is 22.0 Å². The first-order valence-corrected chi connectivity index (χ1v) is 5.90. The monoisotopic (exact) mass is 254 g/mol. The zero-order valence-corrected chi connectivity index (χ0v) is 10.2. The molecule has 0 radical (unpaired) electrons. The van der Waals surface area contributed by atoms with Crippen LogP contribution in [-0.2, 0) is 11.2 Å². The highest BCUT2D eigenvalue weighted by Gasteiger charge is 2.23. The molecule has 2 heteroatoms. The van der Waals surface area contributed by atoms with Gasteiger partial charge in [-0.05, 0) is 49.9 Å². The van der Waals surface area contributed by atoms with Crippen LogP contribution in [-0.4, -0.2) is 6.10 Å². The van der Waals surface area contributed by atoms with Crippen molar-refractivity contribution >= 4 is 15.9 Å². The van der Waals surface area contributed by atoms with Gasteiger partial charge in [-0.2, -0.15) is 0 Å². The molecular weight excluding hydrogens is 240 g/mol. The predicted molar refractivity (Wildman–Crippen MR) is 61.4 cm³/mol. The number of halogens is 1. The van der Waals surface area contributed by atoms with Gasteiger partial charge in [-0.25, -0.2) is 0 Å². The Kier molecular flexibility index (Phi) is 2.93. The van der Waals surface area contributed by atoms with Crippen molar-refractivity contribution in [2.45, 2.75) is 38.9 Å². The molecule has 0 fully saturated rings. The van der Waals surface area contributed by atoms with Crippen molar-refractivity contribution in [3.05, 3.63) is 33.8 Å². The molecule has 0 saturated heterocycles. The molecule has 0 amide bonds. The van der Waals surface area contributed by atoms with Crippen LogP contribution < -0.4 is 0 Å². The normalized spacial score (nSPS) is 20.1. The average Bonchev–Trinajstić information content (AvgIpc) is 2.47. The molecule has 0 N–H and O–H groups in total. The summed E-state index contributed by atoms with van der Waals surface area (Å²) >= 11 is 3.49. The second-order valence-electron chi connectivity index (χ2n) is 4.06. The fourth-order valence-electron chi connectivity index (χ4n) is 2.02. The highest BCUT2D eigenvalue weighted by Crippen LogP contribution is 2.35. The quantitative estimate of drug-likeness (QED) is 0.779. The minimum Gasteiger partial charge on any atom is -0.371 e. The van der Waals surface area contributed by atoms with Crippen LogP contribution in [0.1, 0.15) is 37.5 Å². The number of hydrogen-bond acceptors (Lipinski definition) is 1. The molecule has 0 aromatic heterocycles.